The van der Waals surface area contributed by atoms with Gasteiger partial charge in [-0.05, 0) is 25.0 Å². The van der Waals surface area contributed by atoms with E-state index in [2.05, 4.69) is 4.98 Å². The first-order chi connectivity index (χ1) is 8.05. The second-order valence-electron chi connectivity index (χ2n) is 3.94. The van der Waals surface area contributed by atoms with E-state index in [1.54, 1.807) is 24.2 Å². The lowest BCUT2D eigenvalue weighted by Gasteiger charge is -2.29. The van der Waals surface area contributed by atoms with Gasteiger partial charge in [-0.1, -0.05) is 0 Å². The predicted molar refractivity (Wildman–Crippen MR) is 67.8 cm³/mol. The van der Waals surface area contributed by atoms with Crippen LogP contribution in [0.2, 0.25) is 0 Å². The van der Waals surface area contributed by atoms with Gasteiger partial charge >= 0.3 is 0 Å². The van der Waals surface area contributed by atoms with E-state index in [1.165, 1.54) is 9.20 Å². The van der Waals surface area contributed by atoms with Crippen LogP contribution in [0.25, 0.3) is 0 Å². The largest absolute Gasteiger partial charge is 0.276 e. The highest BCUT2D eigenvalue weighted by Gasteiger charge is 2.25. The van der Waals surface area contributed by atoms with Crippen LogP contribution >= 0.6 is 11.8 Å². The van der Waals surface area contributed by atoms with E-state index < -0.39 is 10.2 Å². The fraction of sp³-hybridized carbons (Fsp3) is 0.500. The summed E-state index contributed by atoms with van der Waals surface area (Å²) in [7, 11) is -3.51. The Morgan fingerprint density at radius 2 is 1.88 bits per heavy atom. The summed E-state index contributed by atoms with van der Waals surface area (Å²) in [5, 5.41) is 5.55. The highest BCUT2D eigenvalue weighted by atomic mass is 32.2. The van der Waals surface area contributed by atoms with Crippen LogP contribution in [0.15, 0.2) is 29.4 Å². The monoisotopic (exact) mass is 273 g/mol. The Morgan fingerprint density at radius 1 is 1.29 bits per heavy atom. The number of hydrogen-bond acceptors (Lipinski definition) is 4. The number of thioether (sulfide) groups is 1. The average Bonchev–Trinajstić information content (AvgIpc) is 2.30. The minimum Gasteiger partial charge on any atom is -0.265 e. The summed E-state index contributed by atoms with van der Waals surface area (Å²) in [6, 6.07) is 3.94. The van der Waals surface area contributed by atoms with E-state index in [4.69, 9.17) is 5.14 Å². The van der Waals surface area contributed by atoms with Gasteiger partial charge in [0.05, 0.1) is 0 Å². The molecule has 2 N–H and O–H groups in total. The van der Waals surface area contributed by atoms with Crippen LogP contribution in [0.3, 0.4) is 0 Å². The highest BCUT2D eigenvalue weighted by molar-refractivity contribution is 8.00. The topological polar surface area (TPSA) is 76.3 Å². The Bertz CT molecular complexity index is 456. The Kier molecular flexibility index (Phi) is 4.03. The number of pyridine rings is 1. The molecule has 1 aliphatic rings. The van der Waals surface area contributed by atoms with Gasteiger partial charge in [0.2, 0.25) is 0 Å². The molecule has 1 aromatic rings. The minimum atomic E-state index is -3.51. The summed E-state index contributed by atoms with van der Waals surface area (Å²) in [5.41, 5.74) is 0. The van der Waals surface area contributed by atoms with Crippen molar-refractivity contribution in [3.05, 3.63) is 24.5 Å². The number of rotatable bonds is 3. The molecule has 2 heterocycles. The molecule has 0 amide bonds. The van der Waals surface area contributed by atoms with Crippen LogP contribution in [-0.4, -0.2) is 36.0 Å². The summed E-state index contributed by atoms with van der Waals surface area (Å²) in [6.07, 6.45) is 5.20. The molecule has 0 unspecified atom stereocenters. The SMILES string of the molecule is NS(=O)(=O)N1CCC(Sc2ccncc2)CC1. The van der Waals surface area contributed by atoms with Gasteiger partial charge in [0.15, 0.2) is 0 Å². The molecule has 1 saturated heterocycles. The third-order valence-corrected chi connectivity index (χ3v) is 5.15. The molecule has 7 heteroatoms. The Morgan fingerprint density at radius 3 is 2.41 bits per heavy atom. The summed E-state index contributed by atoms with van der Waals surface area (Å²) in [6.45, 7) is 1.03. The number of piperidine rings is 1. The van der Waals surface area contributed by atoms with Crippen molar-refractivity contribution in [1.82, 2.24) is 9.29 Å². The van der Waals surface area contributed by atoms with Crippen LogP contribution < -0.4 is 5.14 Å². The Labute approximate surface area is 106 Å². The van der Waals surface area contributed by atoms with Crippen molar-refractivity contribution in [1.29, 1.82) is 0 Å². The zero-order valence-electron chi connectivity index (χ0n) is 9.32. The third kappa shape index (κ3) is 3.67. The third-order valence-electron chi connectivity index (χ3n) is 2.71. The Balaban J connectivity index is 1.88. The fourth-order valence-corrected chi connectivity index (χ4v) is 3.64. The molecular formula is C10H15N3O2S2. The maximum absolute atomic E-state index is 11.1. The number of nitrogens with two attached hydrogens (primary N) is 1. The molecule has 0 spiro atoms. The van der Waals surface area contributed by atoms with Crippen molar-refractivity contribution in [3.63, 3.8) is 0 Å². The highest BCUT2D eigenvalue weighted by Crippen LogP contribution is 2.30. The molecule has 0 aromatic carbocycles. The summed E-state index contributed by atoms with van der Waals surface area (Å²) >= 11 is 1.77. The Hall–Kier alpha value is -0.630. The van der Waals surface area contributed by atoms with E-state index in [-0.39, 0.29) is 0 Å². The lowest BCUT2D eigenvalue weighted by Crippen LogP contribution is -2.42. The molecule has 94 valence electrons. The maximum atomic E-state index is 11.1. The minimum absolute atomic E-state index is 0.454. The van der Waals surface area contributed by atoms with Crippen LogP contribution in [0.4, 0.5) is 0 Å². The molecule has 0 saturated carbocycles. The van der Waals surface area contributed by atoms with Crippen molar-refractivity contribution < 1.29 is 8.42 Å². The number of hydrogen-bond donors (Lipinski definition) is 1. The van der Waals surface area contributed by atoms with Crippen LogP contribution in [-0.2, 0) is 10.2 Å². The fourth-order valence-electron chi connectivity index (χ4n) is 1.81. The van der Waals surface area contributed by atoms with Crippen molar-refractivity contribution in [3.8, 4) is 0 Å². The van der Waals surface area contributed by atoms with Crippen molar-refractivity contribution in [2.75, 3.05) is 13.1 Å². The van der Waals surface area contributed by atoms with Gasteiger partial charge in [0.1, 0.15) is 0 Å². The zero-order chi connectivity index (χ0) is 12.3. The molecule has 1 aliphatic heterocycles. The van der Waals surface area contributed by atoms with E-state index >= 15 is 0 Å². The quantitative estimate of drug-likeness (QED) is 0.885. The van der Waals surface area contributed by atoms with Gasteiger partial charge in [0, 0.05) is 35.6 Å². The molecule has 1 aromatic heterocycles. The zero-order valence-corrected chi connectivity index (χ0v) is 11.0. The summed E-state index contributed by atoms with van der Waals surface area (Å²) < 4.78 is 23.6. The first-order valence-corrected chi connectivity index (χ1v) is 7.78. The molecule has 2 rings (SSSR count). The van der Waals surface area contributed by atoms with Crippen LogP contribution in [0.5, 0.6) is 0 Å². The predicted octanol–water partition coefficient (Wildman–Crippen LogP) is 0.842. The van der Waals surface area contributed by atoms with Gasteiger partial charge in [-0.3, -0.25) is 4.98 Å². The molecule has 1 fully saturated rings. The molecule has 5 nitrogen and oxygen atoms in total. The molecule has 0 atom stereocenters. The maximum Gasteiger partial charge on any atom is 0.276 e. The molecule has 0 bridgehead atoms. The first kappa shape index (κ1) is 12.8. The lowest BCUT2D eigenvalue weighted by atomic mass is 10.2. The van der Waals surface area contributed by atoms with E-state index in [1.807, 2.05) is 12.1 Å². The van der Waals surface area contributed by atoms with Gasteiger partial charge in [-0.25, -0.2) is 5.14 Å². The summed E-state index contributed by atoms with van der Waals surface area (Å²) in [4.78, 5) is 5.14. The van der Waals surface area contributed by atoms with Crippen LogP contribution in [0, 0.1) is 0 Å². The molecule has 17 heavy (non-hydrogen) atoms. The van der Waals surface area contributed by atoms with E-state index in [0.29, 0.717) is 18.3 Å². The van der Waals surface area contributed by atoms with Gasteiger partial charge in [-0.2, -0.15) is 12.7 Å². The summed E-state index contributed by atoms with van der Waals surface area (Å²) in [5.74, 6) is 0. The van der Waals surface area contributed by atoms with Crippen molar-refractivity contribution >= 4 is 22.0 Å². The lowest BCUT2D eigenvalue weighted by molar-refractivity contribution is 0.353. The van der Waals surface area contributed by atoms with Crippen molar-refractivity contribution in [2.45, 2.75) is 23.0 Å². The van der Waals surface area contributed by atoms with Gasteiger partial charge in [-0.15, -0.1) is 11.8 Å². The first-order valence-electron chi connectivity index (χ1n) is 5.40. The van der Waals surface area contributed by atoms with Crippen LogP contribution in [0.1, 0.15) is 12.8 Å². The standard InChI is InChI=1S/C10H15N3O2S2/c11-17(14,15)13-7-3-10(4-8-13)16-9-1-5-12-6-2-9/h1-2,5-6,10H,3-4,7-8H2,(H2,11,14,15). The van der Waals surface area contributed by atoms with Gasteiger partial charge < -0.3 is 0 Å². The average molecular weight is 273 g/mol. The van der Waals surface area contributed by atoms with Gasteiger partial charge in [0.25, 0.3) is 10.2 Å². The second kappa shape index (κ2) is 5.34. The molecule has 0 aliphatic carbocycles. The van der Waals surface area contributed by atoms with E-state index in [9.17, 15) is 8.42 Å². The van der Waals surface area contributed by atoms with E-state index in [0.717, 1.165) is 12.8 Å². The second-order valence-corrected chi connectivity index (χ2v) is 6.86. The number of aromatic nitrogens is 1. The smallest absolute Gasteiger partial charge is 0.265 e. The van der Waals surface area contributed by atoms with Crippen molar-refractivity contribution in [2.24, 2.45) is 5.14 Å². The normalized spacial score (nSPS) is 19.4. The molecule has 0 radical (unpaired) electrons. The number of nitrogens with zero attached hydrogens (tertiary/aromatic N) is 2. The molecular weight excluding hydrogens is 258 g/mol.